The predicted molar refractivity (Wildman–Crippen MR) is 53.8 cm³/mol. The van der Waals surface area contributed by atoms with Crippen molar-refractivity contribution in [1.29, 1.82) is 0 Å². The van der Waals surface area contributed by atoms with Gasteiger partial charge in [-0.15, -0.1) is 0 Å². The summed E-state index contributed by atoms with van der Waals surface area (Å²) in [4.78, 5) is 10.3. The molecule has 0 fully saturated rings. The number of urea groups is 1. The second kappa shape index (κ2) is 5.96. The first-order valence-electron chi connectivity index (χ1n) is 3.60. The average molecular weight is 234 g/mol. The van der Waals surface area contributed by atoms with E-state index in [0.717, 1.165) is 5.69 Å². The summed E-state index contributed by atoms with van der Waals surface area (Å²) in [6.45, 7) is 0. The molecule has 8 heteroatoms. The number of anilines is 1. The van der Waals surface area contributed by atoms with Gasteiger partial charge in [-0.3, -0.25) is 9.11 Å². The Morgan fingerprint density at radius 2 is 1.60 bits per heavy atom. The van der Waals surface area contributed by atoms with E-state index < -0.39 is 16.4 Å². The van der Waals surface area contributed by atoms with Crippen LogP contribution in [0.3, 0.4) is 0 Å². The number of benzene rings is 1. The number of rotatable bonds is 1. The van der Waals surface area contributed by atoms with E-state index in [1.165, 1.54) is 0 Å². The van der Waals surface area contributed by atoms with E-state index in [1.54, 1.807) is 12.1 Å². The van der Waals surface area contributed by atoms with E-state index in [9.17, 15) is 4.79 Å². The van der Waals surface area contributed by atoms with Crippen molar-refractivity contribution in [1.82, 2.24) is 0 Å². The van der Waals surface area contributed by atoms with Crippen LogP contribution in [0.5, 0.6) is 0 Å². The van der Waals surface area contributed by atoms with Gasteiger partial charge in [0.15, 0.2) is 0 Å². The number of carbonyl (C=O) groups is 1. The molecule has 0 spiro atoms. The zero-order chi connectivity index (χ0) is 11.9. The van der Waals surface area contributed by atoms with Crippen molar-refractivity contribution < 1.29 is 22.3 Å². The minimum atomic E-state index is -4.67. The minimum absolute atomic E-state index is 0.536. The van der Waals surface area contributed by atoms with Crippen LogP contribution < -0.4 is 11.1 Å². The monoisotopic (exact) mass is 234 g/mol. The van der Waals surface area contributed by atoms with E-state index >= 15 is 0 Å². The average Bonchev–Trinajstić information content (AvgIpc) is 2.01. The highest BCUT2D eigenvalue weighted by molar-refractivity contribution is 7.79. The molecule has 0 aromatic heterocycles. The summed E-state index contributed by atoms with van der Waals surface area (Å²) in [7, 11) is -4.67. The number of amides is 2. The van der Waals surface area contributed by atoms with Crippen molar-refractivity contribution in [2.45, 2.75) is 0 Å². The first-order chi connectivity index (χ1) is 6.79. The van der Waals surface area contributed by atoms with Crippen molar-refractivity contribution in [2.75, 3.05) is 5.32 Å². The van der Waals surface area contributed by atoms with Crippen LogP contribution >= 0.6 is 0 Å². The van der Waals surface area contributed by atoms with Crippen LogP contribution in [0.25, 0.3) is 0 Å². The fraction of sp³-hybridized carbons (Fsp3) is 0. The topological polar surface area (TPSA) is 130 Å². The Hall–Kier alpha value is -1.64. The summed E-state index contributed by atoms with van der Waals surface area (Å²) < 4.78 is 31.6. The molecule has 15 heavy (non-hydrogen) atoms. The number of hydrogen-bond donors (Lipinski definition) is 4. The molecule has 0 heterocycles. The number of primary amides is 1. The molecule has 7 nitrogen and oxygen atoms in total. The smallest absolute Gasteiger partial charge is 0.351 e. The van der Waals surface area contributed by atoms with Crippen molar-refractivity contribution in [2.24, 2.45) is 5.73 Å². The van der Waals surface area contributed by atoms with E-state index in [0.29, 0.717) is 0 Å². The molecule has 0 aliphatic heterocycles. The molecule has 0 saturated carbocycles. The predicted octanol–water partition coefficient (Wildman–Crippen LogP) is 0.524. The van der Waals surface area contributed by atoms with Crippen LogP contribution in [0.15, 0.2) is 30.3 Å². The summed E-state index contributed by atoms with van der Waals surface area (Å²) in [5.74, 6) is 0. The van der Waals surface area contributed by atoms with Gasteiger partial charge in [0.25, 0.3) is 0 Å². The van der Waals surface area contributed by atoms with Gasteiger partial charge in [-0.25, -0.2) is 4.79 Å². The molecule has 0 radical (unpaired) electrons. The lowest BCUT2D eigenvalue weighted by Gasteiger charge is -1.97. The molecule has 0 aliphatic carbocycles. The fourth-order valence-electron chi connectivity index (χ4n) is 0.664. The summed E-state index contributed by atoms with van der Waals surface area (Å²) in [5, 5.41) is 2.44. The lowest BCUT2D eigenvalue weighted by atomic mass is 10.3. The van der Waals surface area contributed by atoms with Gasteiger partial charge in [0.05, 0.1) is 0 Å². The number of hydrogen-bond acceptors (Lipinski definition) is 3. The van der Waals surface area contributed by atoms with Gasteiger partial charge in [-0.05, 0) is 12.1 Å². The molecule has 0 bridgehead atoms. The van der Waals surface area contributed by atoms with Gasteiger partial charge in [0.1, 0.15) is 0 Å². The molecule has 2 amide bonds. The molecule has 0 unspecified atom stereocenters. The quantitative estimate of drug-likeness (QED) is 0.526. The van der Waals surface area contributed by atoms with E-state index in [4.69, 9.17) is 23.3 Å². The molecule has 0 saturated heterocycles. The third-order valence-electron chi connectivity index (χ3n) is 1.04. The second-order valence-electron chi connectivity index (χ2n) is 2.30. The molecule has 0 atom stereocenters. The highest BCUT2D eigenvalue weighted by atomic mass is 32.3. The molecule has 1 rings (SSSR count). The summed E-state index contributed by atoms with van der Waals surface area (Å²) in [6, 6.07) is 8.52. The van der Waals surface area contributed by atoms with E-state index in [-0.39, 0.29) is 0 Å². The Labute approximate surface area is 86.5 Å². The second-order valence-corrected chi connectivity index (χ2v) is 3.20. The summed E-state index contributed by atoms with van der Waals surface area (Å²) >= 11 is 0. The number of nitrogens with two attached hydrogens (primary N) is 1. The van der Waals surface area contributed by atoms with Crippen LogP contribution in [0.4, 0.5) is 10.5 Å². The summed E-state index contributed by atoms with van der Waals surface area (Å²) in [5.41, 5.74) is 5.59. The Balaban J connectivity index is 0.000000336. The third-order valence-corrected chi connectivity index (χ3v) is 1.04. The highest BCUT2D eigenvalue weighted by Gasteiger charge is 1.90. The Morgan fingerprint density at radius 1 is 1.20 bits per heavy atom. The first-order valence-corrected chi connectivity index (χ1v) is 5.00. The van der Waals surface area contributed by atoms with Crippen molar-refractivity contribution in [3.05, 3.63) is 30.3 Å². The van der Waals surface area contributed by atoms with Crippen LogP contribution in [0.2, 0.25) is 0 Å². The van der Waals surface area contributed by atoms with Crippen molar-refractivity contribution >= 4 is 22.1 Å². The zero-order valence-electron chi connectivity index (χ0n) is 7.49. The Kier molecular flexibility index (Phi) is 5.31. The zero-order valence-corrected chi connectivity index (χ0v) is 8.31. The maximum atomic E-state index is 10.3. The SMILES string of the molecule is NC(=O)Nc1ccccc1.O=S(=O)(O)O. The van der Waals surface area contributed by atoms with Crippen molar-refractivity contribution in [3.63, 3.8) is 0 Å². The van der Waals surface area contributed by atoms with E-state index in [1.807, 2.05) is 18.2 Å². The normalized spacial score (nSPS) is 9.73. The van der Waals surface area contributed by atoms with Crippen LogP contribution in [-0.4, -0.2) is 23.6 Å². The molecular weight excluding hydrogens is 224 g/mol. The van der Waals surface area contributed by atoms with E-state index in [2.05, 4.69) is 5.32 Å². The van der Waals surface area contributed by atoms with Gasteiger partial charge in [0.2, 0.25) is 0 Å². The van der Waals surface area contributed by atoms with Crippen LogP contribution in [-0.2, 0) is 10.4 Å². The molecule has 1 aromatic rings. The lowest BCUT2D eigenvalue weighted by Crippen LogP contribution is -2.18. The highest BCUT2D eigenvalue weighted by Crippen LogP contribution is 2.03. The largest absolute Gasteiger partial charge is 0.394 e. The maximum absolute atomic E-state index is 10.3. The number of carbonyl (C=O) groups excluding carboxylic acids is 1. The first kappa shape index (κ1) is 13.4. The van der Waals surface area contributed by atoms with Crippen molar-refractivity contribution in [3.8, 4) is 0 Å². The molecular formula is C7H10N2O5S. The van der Waals surface area contributed by atoms with Crippen LogP contribution in [0, 0.1) is 0 Å². The molecule has 1 aromatic carbocycles. The fourth-order valence-corrected chi connectivity index (χ4v) is 0.664. The van der Waals surface area contributed by atoms with Gasteiger partial charge in [-0.1, -0.05) is 18.2 Å². The Bertz CT molecular complexity index is 395. The Morgan fingerprint density at radius 3 is 1.93 bits per heavy atom. The lowest BCUT2D eigenvalue weighted by molar-refractivity contribution is 0.259. The number of nitrogens with one attached hydrogen (secondary N) is 1. The van der Waals surface area contributed by atoms with Crippen LogP contribution in [0.1, 0.15) is 0 Å². The van der Waals surface area contributed by atoms with Gasteiger partial charge >= 0.3 is 16.4 Å². The van der Waals surface area contributed by atoms with Gasteiger partial charge in [-0.2, -0.15) is 8.42 Å². The standard InChI is InChI=1S/C7H8N2O.H2O4S/c8-7(10)9-6-4-2-1-3-5-6;1-5(2,3)4/h1-5H,(H3,8,9,10);(H2,1,2,3,4). The molecule has 0 aliphatic rings. The minimum Gasteiger partial charge on any atom is -0.351 e. The third kappa shape index (κ3) is 12.4. The van der Waals surface area contributed by atoms with Gasteiger partial charge < -0.3 is 11.1 Å². The molecule has 5 N–H and O–H groups in total. The maximum Gasteiger partial charge on any atom is 0.394 e. The van der Waals surface area contributed by atoms with Gasteiger partial charge in [0, 0.05) is 5.69 Å². The summed E-state index contributed by atoms with van der Waals surface area (Å²) in [6.07, 6.45) is 0. The number of para-hydroxylation sites is 1. The molecule has 84 valence electrons.